The number of nitrogens with zero attached hydrogens (tertiary/aromatic N) is 3. The molecule has 0 unspecified atom stereocenters. The predicted molar refractivity (Wildman–Crippen MR) is 148 cm³/mol. The van der Waals surface area contributed by atoms with Gasteiger partial charge in [-0.25, -0.2) is 15.0 Å². The summed E-state index contributed by atoms with van der Waals surface area (Å²) in [7, 11) is 0. The molecule has 0 fully saturated rings. The molecule has 2 aromatic heterocycles. The van der Waals surface area contributed by atoms with Gasteiger partial charge in [-0.1, -0.05) is 87.5 Å². The van der Waals surface area contributed by atoms with Crippen molar-refractivity contribution in [1.82, 2.24) is 15.0 Å². The smallest absolute Gasteiger partial charge is 0.163 e. The molecular formula is C31H25N3S. The Morgan fingerprint density at radius 1 is 0.514 bits per heavy atom. The van der Waals surface area contributed by atoms with Crippen LogP contribution in [0.4, 0.5) is 0 Å². The molecule has 0 atom stereocenters. The first kappa shape index (κ1) is 21.6. The van der Waals surface area contributed by atoms with Crippen LogP contribution in [0.3, 0.4) is 0 Å². The van der Waals surface area contributed by atoms with Crippen molar-refractivity contribution in [3.05, 3.63) is 103 Å². The van der Waals surface area contributed by atoms with E-state index >= 15 is 0 Å². The first-order valence-electron chi connectivity index (χ1n) is 11.8. The molecule has 0 radical (unpaired) electrons. The van der Waals surface area contributed by atoms with Gasteiger partial charge >= 0.3 is 0 Å². The van der Waals surface area contributed by atoms with Crippen molar-refractivity contribution in [3.63, 3.8) is 0 Å². The summed E-state index contributed by atoms with van der Waals surface area (Å²) in [6.45, 7) is 6.43. The van der Waals surface area contributed by atoms with E-state index in [9.17, 15) is 0 Å². The molecule has 0 amide bonds. The van der Waals surface area contributed by atoms with Gasteiger partial charge in [0, 0.05) is 36.7 Å². The quantitative estimate of drug-likeness (QED) is 0.259. The maximum absolute atomic E-state index is 4.97. The summed E-state index contributed by atoms with van der Waals surface area (Å²) >= 11 is 1.82. The van der Waals surface area contributed by atoms with Crippen molar-refractivity contribution in [1.29, 1.82) is 0 Å². The molecule has 0 aliphatic rings. The van der Waals surface area contributed by atoms with E-state index in [0.29, 0.717) is 11.6 Å². The highest BCUT2D eigenvalue weighted by molar-refractivity contribution is 7.25. The molecule has 6 rings (SSSR count). The van der Waals surface area contributed by atoms with Crippen LogP contribution < -0.4 is 0 Å². The lowest BCUT2D eigenvalue weighted by atomic mass is 9.95. The van der Waals surface area contributed by atoms with E-state index in [4.69, 9.17) is 15.0 Å². The van der Waals surface area contributed by atoms with Gasteiger partial charge in [0.1, 0.15) is 5.82 Å². The third-order valence-electron chi connectivity index (χ3n) is 6.17. The van der Waals surface area contributed by atoms with Gasteiger partial charge in [0.05, 0.1) is 0 Å². The van der Waals surface area contributed by atoms with Crippen LogP contribution in [0.25, 0.3) is 54.1 Å². The number of rotatable bonds is 3. The highest BCUT2D eigenvalue weighted by atomic mass is 32.1. The van der Waals surface area contributed by atoms with Gasteiger partial charge in [0.15, 0.2) is 11.6 Å². The number of hydrogen-bond acceptors (Lipinski definition) is 4. The number of hydrogen-bond donors (Lipinski definition) is 0. The lowest BCUT2D eigenvalue weighted by Crippen LogP contribution is -2.18. The molecule has 0 saturated heterocycles. The maximum Gasteiger partial charge on any atom is 0.163 e. The molecule has 3 nitrogen and oxygen atoms in total. The predicted octanol–water partition coefficient (Wildman–Crippen LogP) is 8.54. The molecule has 0 saturated carbocycles. The van der Waals surface area contributed by atoms with E-state index in [0.717, 1.165) is 22.5 Å². The lowest BCUT2D eigenvalue weighted by molar-refractivity contribution is 0.543. The minimum atomic E-state index is -0.206. The largest absolute Gasteiger partial charge is 0.212 e. The van der Waals surface area contributed by atoms with Gasteiger partial charge in [-0.15, -0.1) is 11.3 Å². The van der Waals surface area contributed by atoms with Gasteiger partial charge in [-0.05, 0) is 41.5 Å². The normalized spacial score (nSPS) is 11.9. The van der Waals surface area contributed by atoms with Gasteiger partial charge in [0.25, 0.3) is 0 Å². The number of benzene rings is 4. The number of aromatic nitrogens is 3. The van der Waals surface area contributed by atoms with Crippen molar-refractivity contribution in [3.8, 4) is 33.9 Å². The molecule has 0 bridgehead atoms. The van der Waals surface area contributed by atoms with Gasteiger partial charge in [-0.3, -0.25) is 0 Å². The van der Waals surface area contributed by atoms with Crippen molar-refractivity contribution in [2.75, 3.05) is 0 Å². The lowest BCUT2D eigenvalue weighted by Gasteiger charge is -2.18. The summed E-state index contributed by atoms with van der Waals surface area (Å²) in [5, 5.41) is 2.52. The molecule has 4 heteroatoms. The number of fused-ring (bicyclic) bond motifs is 3. The Morgan fingerprint density at radius 3 is 1.91 bits per heavy atom. The zero-order valence-electron chi connectivity index (χ0n) is 20.0. The number of thiophene rings is 1. The van der Waals surface area contributed by atoms with Gasteiger partial charge in [0.2, 0.25) is 0 Å². The fourth-order valence-electron chi connectivity index (χ4n) is 4.30. The maximum atomic E-state index is 4.97. The fraction of sp³-hybridized carbons (Fsp3) is 0.129. The molecule has 0 spiro atoms. The van der Waals surface area contributed by atoms with E-state index in [2.05, 4.69) is 112 Å². The van der Waals surface area contributed by atoms with Crippen LogP contribution in [0.15, 0.2) is 97.1 Å². The standard InChI is InChI=1S/C31H25N3S/c1-31(2,3)30-33-28(22-13-9-12-21(18-22)20-10-5-4-6-11-20)32-29(34-30)23-16-17-27-25(19-23)24-14-7-8-15-26(24)35-27/h4-19H,1-3H3. The minimum absolute atomic E-state index is 0.206. The Kier molecular flexibility index (Phi) is 5.19. The molecule has 6 aromatic rings. The summed E-state index contributed by atoms with van der Waals surface area (Å²) in [5.74, 6) is 2.20. The van der Waals surface area contributed by atoms with Crippen LogP contribution in [0.5, 0.6) is 0 Å². The summed E-state index contributed by atoms with van der Waals surface area (Å²) in [4.78, 5) is 14.8. The van der Waals surface area contributed by atoms with Crippen molar-refractivity contribution in [2.24, 2.45) is 0 Å². The van der Waals surface area contributed by atoms with E-state index < -0.39 is 0 Å². The van der Waals surface area contributed by atoms with Crippen molar-refractivity contribution >= 4 is 31.5 Å². The van der Waals surface area contributed by atoms with E-state index in [1.54, 1.807) is 0 Å². The molecule has 0 aliphatic heterocycles. The Morgan fingerprint density at radius 2 is 1.14 bits per heavy atom. The van der Waals surface area contributed by atoms with Crippen LogP contribution in [0.1, 0.15) is 26.6 Å². The summed E-state index contributed by atoms with van der Waals surface area (Å²) in [6, 6.07) is 33.9. The molecule has 0 N–H and O–H groups in total. The average molecular weight is 472 g/mol. The topological polar surface area (TPSA) is 38.7 Å². The first-order chi connectivity index (χ1) is 17.0. The van der Waals surface area contributed by atoms with E-state index in [-0.39, 0.29) is 5.41 Å². The SMILES string of the molecule is CC(C)(C)c1nc(-c2cccc(-c3ccccc3)c2)nc(-c2ccc3sc4ccccc4c3c2)n1. The zero-order valence-corrected chi connectivity index (χ0v) is 20.8. The molecule has 0 aliphatic carbocycles. The minimum Gasteiger partial charge on any atom is -0.212 e. The van der Waals surface area contributed by atoms with Crippen LogP contribution in [0, 0.1) is 0 Å². The van der Waals surface area contributed by atoms with Crippen LogP contribution in [-0.2, 0) is 5.41 Å². The molecule has 2 heterocycles. The van der Waals surface area contributed by atoms with Crippen molar-refractivity contribution < 1.29 is 0 Å². The van der Waals surface area contributed by atoms with Crippen LogP contribution >= 0.6 is 11.3 Å². The molecule has 35 heavy (non-hydrogen) atoms. The van der Waals surface area contributed by atoms with E-state index in [1.165, 1.54) is 25.7 Å². The Bertz CT molecular complexity index is 1680. The fourth-order valence-corrected chi connectivity index (χ4v) is 5.39. The van der Waals surface area contributed by atoms with Gasteiger partial charge < -0.3 is 0 Å². The second-order valence-electron chi connectivity index (χ2n) is 9.81. The summed E-state index contributed by atoms with van der Waals surface area (Å²) < 4.78 is 2.57. The van der Waals surface area contributed by atoms with Crippen LogP contribution in [0.2, 0.25) is 0 Å². The Labute approximate surface area is 209 Å². The Balaban J connectivity index is 1.52. The van der Waals surface area contributed by atoms with Crippen LogP contribution in [-0.4, -0.2) is 15.0 Å². The first-order valence-corrected chi connectivity index (χ1v) is 12.6. The third-order valence-corrected chi connectivity index (χ3v) is 7.32. The third kappa shape index (κ3) is 4.11. The molecule has 4 aromatic carbocycles. The second-order valence-corrected chi connectivity index (χ2v) is 10.9. The summed E-state index contributed by atoms with van der Waals surface area (Å²) in [6.07, 6.45) is 0. The Hall–Kier alpha value is -3.89. The summed E-state index contributed by atoms with van der Waals surface area (Å²) in [5.41, 5.74) is 4.11. The molecule has 170 valence electrons. The van der Waals surface area contributed by atoms with Gasteiger partial charge in [-0.2, -0.15) is 0 Å². The molecular weight excluding hydrogens is 446 g/mol. The van der Waals surface area contributed by atoms with E-state index in [1.807, 2.05) is 17.4 Å². The van der Waals surface area contributed by atoms with Crippen molar-refractivity contribution in [2.45, 2.75) is 26.2 Å². The highest BCUT2D eigenvalue weighted by Gasteiger charge is 2.21. The second kappa shape index (κ2) is 8.40. The highest BCUT2D eigenvalue weighted by Crippen LogP contribution is 2.36. The zero-order chi connectivity index (χ0) is 24.0. The monoisotopic (exact) mass is 471 g/mol. The average Bonchev–Trinajstić information content (AvgIpc) is 3.26.